The third-order valence-electron chi connectivity index (χ3n) is 2.93. The first-order chi connectivity index (χ1) is 9.47. The molecule has 0 aliphatic heterocycles. The lowest BCUT2D eigenvalue weighted by molar-refractivity contribution is 0.215. The molecular weight excluding hydrogens is 274 g/mol. The Morgan fingerprint density at radius 3 is 2.55 bits per heavy atom. The van der Waals surface area contributed by atoms with Crippen LogP contribution in [0.5, 0.6) is 5.75 Å². The molecule has 2 rings (SSSR count). The fourth-order valence-corrected chi connectivity index (χ4v) is 2.08. The molecule has 20 heavy (non-hydrogen) atoms. The topological polar surface area (TPSA) is 42.4 Å². The number of hydrogen-bond acceptors (Lipinski definition) is 3. The molecule has 0 saturated carbocycles. The van der Waals surface area contributed by atoms with Crippen molar-refractivity contribution in [3.8, 4) is 5.75 Å². The summed E-state index contributed by atoms with van der Waals surface area (Å²) in [5, 5.41) is 11.1. The van der Waals surface area contributed by atoms with Crippen molar-refractivity contribution in [2.75, 3.05) is 0 Å². The van der Waals surface area contributed by atoms with Gasteiger partial charge in [0.25, 0.3) is 0 Å². The molecule has 0 radical (unpaired) electrons. The molecule has 1 N–H and O–H groups in total. The Hall–Kier alpha value is -1.58. The summed E-state index contributed by atoms with van der Waals surface area (Å²) in [5.74, 6) is 0.648. The zero-order chi connectivity index (χ0) is 14.7. The quantitative estimate of drug-likeness (QED) is 0.928. The van der Waals surface area contributed by atoms with Gasteiger partial charge in [0.2, 0.25) is 0 Å². The Labute approximate surface area is 124 Å². The fraction of sp³-hybridized carbons (Fsp3) is 0.312. The number of ether oxygens (including phenoxy) is 1. The first-order valence-electron chi connectivity index (χ1n) is 6.53. The molecule has 0 amide bonds. The molecule has 106 valence electrons. The van der Waals surface area contributed by atoms with Gasteiger partial charge in [0.1, 0.15) is 11.9 Å². The van der Waals surface area contributed by atoms with Crippen LogP contribution in [0.3, 0.4) is 0 Å². The summed E-state index contributed by atoms with van der Waals surface area (Å²) in [6, 6.07) is 7.33. The molecular formula is C16H18ClNO2. The highest BCUT2D eigenvalue weighted by atomic mass is 35.5. The average Bonchev–Trinajstić information content (AvgIpc) is 2.40. The van der Waals surface area contributed by atoms with E-state index in [-0.39, 0.29) is 6.10 Å². The van der Waals surface area contributed by atoms with Crippen LogP contribution in [-0.4, -0.2) is 16.2 Å². The maximum atomic E-state index is 10.4. The summed E-state index contributed by atoms with van der Waals surface area (Å²) in [4.78, 5) is 4.11. The highest BCUT2D eigenvalue weighted by Crippen LogP contribution is 2.27. The maximum absolute atomic E-state index is 10.4. The molecule has 0 spiro atoms. The van der Waals surface area contributed by atoms with Gasteiger partial charge in [0.15, 0.2) is 0 Å². The number of benzene rings is 1. The number of hydrogen-bond donors (Lipinski definition) is 1. The third kappa shape index (κ3) is 3.50. The van der Waals surface area contributed by atoms with E-state index in [1.165, 1.54) is 0 Å². The highest BCUT2D eigenvalue weighted by molar-refractivity contribution is 6.31. The summed E-state index contributed by atoms with van der Waals surface area (Å²) >= 11 is 6.09. The first-order valence-corrected chi connectivity index (χ1v) is 6.91. The van der Waals surface area contributed by atoms with Crippen molar-refractivity contribution < 1.29 is 9.84 Å². The molecule has 0 fully saturated rings. The molecule has 0 bridgehead atoms. The van der Waals surface area contributed by atoms with Crippen LogP contribution < -0.4 is 4.74 Å². The van der Waals surface area contributed by atoms with Crippen molar-refractivity contribution in [2.24, 2.45) is 0 Å². The van der Waals surface area contributed by atoms with Crippen LogP contribution in [0, 0.1) is 6.92 Å². The van der Waals surface area contributed by atoms with E-state index in [1.807, 2.05) is 32.9 Å². The van der Waals surface area contributed by atoms with Gasteiger partial charge in [0, 0.05) is 16.8 Å². The molecule has 1 aromatic heterocycles. The summed E-state index contributed by atoms with van der Waals surface area (Å²) in [5.41, 5.74) is 2.41. The number of aromatic nitrogens is 1. The van der Waals surface area contributed by atoms with Crippen LogP contribution in [0.25, 0.3) is 0 Å². The second kappa shape index (κ2) is 6.25. The molecule has 1 aromatic carbocycles. The van der Waals surface area contributed by atoms with Gasteiger partial charge in [-0.3, -0.25) is 4.98 Å². The molecule has 0 aliphatic carbocycles. The monoisotopic (exact) mass is 291 g/mol. The summed E-state index contributed by atoms with van der Waals surface area (Å²) in [7, 11) is 0. The second-order valence-electron chi connectivity index (χ2n) is 5.03. The maximum Gasteiger partial charge on any atom is 0.138 e. The van der Waals surface area contributed by atoms with E-state index in [4.69, 9.17) is 16.3 Å². The number of halogens is 1. The van der Waals surface area contributed by atoms with E-state index < -0.39 is 6.10 Å². The van der Waals surface area contributed by atoms with E-state index in [0.29, 0.717) is 16.3 Å². The lowest BCUT2D eigenvalue weighted by atomic mass is 10.0. The van der Waals surface area contributed by atoms with Gasteiger partial charge < -0.3 is 9.84 Å². The van der Waals surface area contributed by atoms with Crippen LogP contribution in [0.1, 0.15) is 36.6 Å². The summed E-state index contributed by atoms with van der Waals surface area (Å²) < 4.78 is 5.58. The van der Waals surface area contributed by atoms with Gasteiger partial charge in [0.05, 0.1) is 12.3 Å². The van der Waals surface area contributed by atoms with Gasteiger partial charge in [-0.05, 0) is 44.0 Å². The summed E-state index contributed by atoms with van der Waals surface area (Å²) in [6.07, 6.45) is 2.57. The number of aliphatic hydroxyl groups excluding tert-OH is 1. The van der Waals surface area contributed by atoms with Crippen molar-refractivity contribution in [2.45, 2.75) is 33.0 Å². The average molecular weight is 292 g/mol. The first kappa shape index (κ1) is 14.8. The smallest absolute Gasteiger partial charge is 0.138 e. The van der Waals surface area contributed by atoms with Crippen LogP contribution >= 0.6 is 11.6 Å². The molecule has 4 heteroatoms. The molecule has 0 aliphatic rings. The van der Waals surface area contributed by atoms with Crippen LogP contribution in [0.4, 0.5) is 0 Å². The number of rotatable bonds is 4. The van der Waals surface area contributed by atoms with E-state index in [2.05, 4.69) is 4.98 Å². The van der Waals surface area contributed by atoms with Crippen molar-refractivity contribution in [1.29, 1.82) is 0 Å². The van der Waals surface area contributed by atoms with Crippen molar-refractivity contribution >= 4 is 11.6 Å². The number of nitrogens with zero attached hydrogens (tertiary/aromatic N) is 1. The third-order valence-corrected chi connectivity index (χ3v) is 3.34. The van der Waals surface area contributed by atoms with Crippen LogP contribution in [-0.2, 0) is 0 Å². The number of pyridine rings is 1. The highest BCUT2D eigenvalue weighted by Gasteiger charge is 2.13. The Morgan fingerprint density at radius 1 is 1.15 bits per heavy atom. The Morgan fingerprint density at radius 2 is 1.90 bits per heavy atom. The largest absolute Gasteiger partial charge is 0.489 e. The zero-order valence-corrected chi connectivity index (χ0v) is 12.6. The van der Waals surface area contributed by atoms with Gasteiger partial charge in [-0.2, -0.15) is 0 Å². The molecule has 3 nitrogen and oxygen atoms in total. The van der Waals surface area contributed by atoms with Gasteiger partial charge in [-0.25, -0.2) is 0 Å². The van der Waals surface area contributed by atoms with Gasteiger partial charge >= 0.3 is 0 Å². The van der Waals surface area contributed by atoms with E-state index in [0.717, 1.165) is 11.1 Å². The number of aryl methyl sites for hydroxylation is 1. The van der Waals surface area contributed by atoms with Gasteiger partial charge in [-0.1, -0.05) is 23.7 Å². The Bertz CT molecular complexity index is 599. The van der Waals surface area contributed by atoms with E-state index >= 15 is 0 Å². The predicted octanol–water partition coefficient (Wildman–Crippen LogP) is 3.91. The zero-order valence-electron chi connectivity index (χ0n) is 11.8. The minimum absolute atomic E-state index is 0.0676. The SMILES string of the molecule is Cc1ccc(C(O)c2cncc(OC(C)C)c2)cc1Cl. The Kier molecular flexibility index (Phi) is 4.63. The molecule has 0 saturated heterocycles. The standard InChI is InChI=1S/C16H18ClNO2/c1-10(2)20-14-6-13(8-18-9-14)16(19)12-5-4-11(3)15(17)7-12/h4-10,16,19H,1-3H3. The molecule has 2 aromatic rings. The lowest BCUT2D eigenvalue weighted by Crippen LogP contribution is -2.07. The van der Waals surface area contributed by atoms with Crippen molar-refractivity contribution in [1.82, 2.24) is 4.98 Å². The van der Waals surface area contributed by atoms with Crippen LogP contribution in [0.15, 0.2) is 36.7 Å². The minimum Gasteiger partial charge on any atom is -0.489 e. The molecule has 1 heterocycles. The van der Waals surface area contributed by atoms with E-state index in [1.54, 1.807) is 24.5 Å². The van der Waals surface area contributed by atoms with Crippen molar-refractivity contribution in [3.05, 3.63) is 58.4 Å². The minimum atomic E-state index is -0.767. The molecule has 1 atom stereocenters. The van der Waals surface area contributed by atoms with Gasteiger partial charge in [-0.15, -0.1) is 0 Å². The fourth-order valence-electron chi connectivity index (χ4n) is 1.89. The summed E-state index contributed by atoms with van der Waals surface area (Å²) in [6.45, 7) is 5.82. The Balaban J connectivity index is 2.28. The van der Waals surface area contributed by atoms with E-state index in [9.17, 15) is 5.11 Å². The lowest BCUT2D eigenvalue weighted by Gasteiger charge is -2.15. The predicted molar refractivity (Wildman–Crippen MR) is 80.3 cm³/mol. The second-order valence-corrected chi connectivity index (χ2v) is 5.44. The molecule has 1 unspecified atom stereocenters. The van der Waals surface area contributed by atoms with Crippen LogP contribution in [0.2, 0.25) is 5.02 Å². The number of aliphatic hydroxyl groups is 1. The van der Waals surface area contributed by atoms with Crippen molar-refractivity contribution in [3.63, 3.8) is 0 Å². The normalized spacial score (nSPS) is 12.5.